The highest BCUT2D eigenvalue weighted by molar-refractivity contribution is 5.95. The molecule has 0 spiro atoms. The van der Waals surface area contributed by atoms with Gasteiger partial charge in [0.1, 0.15) is 5.82 Å². The van der Waals surface area contributed by atoms with Crippen LogP contribution < -0.4 is 9.47 Å². The van der Waals surface area contributed by atoms with Gasteiger partial charge in [-0.15, -0.1) is 0 Å². The summed E-state index contributed by atoms with van der Waals surface area (Å²) in [7, 11) is 3.07. The molecule has 2 amide bonds. The van der Waals surface area contributed by atoms with E-state index in [2.05, 4.69) is 0 Å². The normalized spacial score (nSPS) is 15.9. The van der Waals surface area contributed by atoms with E-state index in [9.17, 15) is 14.0 Å². The van der Waals surface area contributed by atoms with E-state index in [1.54, 1.807) is 41.2 Å². The van der Waals surface area contributed by atoms with Crippen LogP contribution >= 0.6 is 0 Å². The second-order valence-electron chi connectivity index (χ2n) is 8.43. The summed E-state index contributed by atoms with van der Waals surface area (Å²) < 4.78 is 30.1. The summed E-state index contributed by atoms with van der Waals surface area (Å²) in [6.07, 6.45) is -0.348. The summed E-state index contributed by atoms with van der Waals surface area (Å²) in [4.78, 5) is 29.6. The number of methoxy groups -OCH3 is 2. The zero-order chi connectivity index (χ0) is 24.0. The SMILES string of the molecule is COc1ccc(C(=O)N2CCOC(CN(CC(C)C)C(=O)c3cccc(F)c3)C2)cc1OC. The molecule has 0 radical (unpaired) electrons. The van der Waals surface area contributed by atoms with Crippen LogP contribution in [0.2, 0.25) is 0 Å². The van der Waals surface area contributed by atoms with Crippen molar-refractivity contribution in [2.75, 3.05) is 47.0 Å². The molecule has 1 aliphatic heterocycles. The van der Waals surface area contributed by atoms with Gasteiger partial charge in [-0.05, 0) is 42.3 Å². The maximum atomic E-state index is 13.7. The molecular weight excluding hydrogens is 427 g/mol. The summed E-state index contributed by atoms with van der Waals surface area (Å²) >= 11 is 0. The molecule has 0 aromatic heterocycles. The van der Waals surface area contributed by atoms with Gasteiger partial charge >= 0.3 is 0 Å². The van der Waals surface area contributed by atoms with E-state index >= 15 is 0 Å². The number of rotatable bonds is 8. The third-order valence-electron chi connectivity index (χ3n) is 5.42. The number of carbonyl (C=O) groups excluding carboxylic acids is 2. The predicted molar refractivity (Wildman–Crippen MR) is 122 cm³/mol. The Morgan fingerprint density at radius 2 is 1.88 bits per heavy atom. The zero-order valence-corrected chi connectivity index (χ0v) is 19.5. The van der Waals surface area contributed by atoms with Crippen molar-refractivity contribution >= 4 is 11.8 Å². The molecule has 0 N–H and O–H groups in total. The van der Waals surface area contributed by atoms with E-state index in [0.717, 1.165) is 0 Å². The molecule has 1 atom stereocenters. The van der Waals surface area contributed by atoms with Crippen LogP contribution in [0.3, 0.4) is 0 Å². The van der Waals surface area contributed by atoms with Crippen LogP contribution in [-0.4, -0.2) is 74.7 Å². The number of halogens is 1. The number of morpholine rings is 1. The largest absolute Gasteiger partial charge is 0.493 e. The molecule has 1 heterocycles. The second kappa shape index (κ2) is 11.1. The molecule has 2 aromatic carbocycles. The smallest absolute Gasteiger partial charge is 0.254 e. The minimum atomic E-state index is -0.453. The van der Waals surface area contributed by atoms with Gasteiger partial charge in [0.25, 0.3) is 11.8 Å². The van der Waals surface area contributed by atoms with Crippen molar-refractivity contribution in [1.29, 1.82) is 0 Å². The molecule has 0 bridgehead atoms. The zero-order valence-electron chi connectivity index (χ0n) is 19.5. The average molecular weight is 459 g/mol. The lowest BCUT2D eigenvalue weighted by molar-refractivity contribution is -0.0340. The Morgan fingerprint density at radius 1 is 1.12 bits per heavy atom. The first-order valence-corrected chi connectivity index (χ1v) is 11.0. The van der Waals surface area contributed by atoms with Crippen LogP contribution in [0.15, 0.2) is 42.5 Å². The Balaban J connectivity index is 1.72. The molecular formula is C25H31FN2O5. The van der Waals surface area contributed by atoms with Gasteiger partial charge in [0.2, 0.25) is 0 Å². The number of carbonyl (C=O) groups is 2. The fourth-order valence-electron chi connectivity index (χ4n) is 3.90. The average Bonchev–Trinajstić information content (AvgIpc) is 2.82. The van der Waals surface area contributed by atoms with Crippen molar-refractivity contribution in [2.45, 2.75) is 20.0 Å². The molecule has 0 aliphatic carbocycles. The van der Waals surface area contributed by atoms with Crippen molar-refractivity contribution in [3.63, 3.8) is 0 Å². The molecule has 33 heavy (non-hydrogen) atoms. The summed E-state index contributed by atoms with van der Waals surface area (Å²) in [6, 6.07) is 10.7. The van der Waals surface area contributed by atoms with Crippen LogP contribution in [0.1, 0.15) is 34.6 Å². The molecule has 3 rings (SSSR count). The standard InChI is InChI=1S/C25H31FN2O5/c1-17(2)14-28(25(30)18-6-5-7-20(26)12-18)16-21-15-27(10-11-33-21)24(29)19-8-9-22(31-3)23(13-19)32-4/h5-9,12-13,17,21H,10-11,14-16H2,1-4H3. The highest BCUT2D eigenvalue weighted by Gasteiger charge is 2.29. The fraction of sp³-hybridized carbons (Fsp3) is 0.440. The number of benzene rings is 2. The molecule has 2 aromatic rings. The van der Waals surface area contributed by atoms with Gasteiger partial charge in [0, 0.05) is 37.3 Å². The first kappa shape index (κ1) is 24.5. The van der Waals surface area contributed by atoms with Crippen molar-refractivity contribution in [1.82, 2.24) is 9.80 Å². The Labute approximate surface area is 194 Å². The summed E-state index contributed by atoms with van der Waals surface area (Å²) in [5, 5.41) is 0. The summed E-state index contributed by atoms with van der Waals surface area (Å²) in [5.41, 5.74) is 0.785. The van der Waals surface area contributed by atoms with Crippen LogP contribution in [0.25, 0.3) is 0 Å². The molecule has 1 aliphatic rings. The van der Waals surface area contributed by atoms with Gasteiger partial charge in [0.15, 0.2) is 11.5 Å². The predicted octanol–water partition coefficient (Wildman–Crippen LogP) is 3.48. The van der Waals surface area contributed by atoms with Crippen molar-refractivity contribution < 1.29 is 28.2 Å². The van der Waals surface area contributed by atoms with E-state index in [0.29, 0.717) is 55.4 Å². The second-order valence-corrected chi connectivity index (χ2v) is 8.43. The third-order valence-corrected chi connectivity index (χ3v) is 5.42. The van der Waals surface area contributed by atoms with Crippen LogP contribution in [0, 0.1) is 11.7 Å². The lowest BCUT2D eigenvalue weighted by Gasteiger charge is -2.36. The quantitative estimate of drug-likeness (QED) is 0.606. The number of hydrogen-bond acceptors (Lipinski definition) is 5. The maximum Gasteiger partial charge on any atom is 0.254 e. The van der Waals surface area contributed by atoms with E-state index in [1.807, 2.05) is 13.8 Å². The van der Waals surface area contributed by atoms with Gasteiger partial charge in [-0.1, -0.05) is 19.9 Å². The molecule has 178 valence electrons. The Kier molecular flexibility index (Phi) is 8.27. The highest BCUT2D eigenvalue weighted by atomic mass is 19.1. The number of hydrogen-bond donors (Lipinski definition) is 0. The topological polar surface area (TPSA) is 68.3 Å². The Hall–Kier alpha value is -3.13. The maximum absolute atomic E-state index is 13.7. The van der Waals surface area contributed by atoms with Gasteiger partial charge < -0.3 is 24.0 Å². The highest BCUT2D eigenvalue weighted by Crippen LogP contribution is 2.28. The molecule has 8 heteroatoms. The van der Waals surface area contributed by atoms with Gasteiger partial charge in [-0.2, -0.15) is 0 Å². The van der Waals surface area contributed by atoms with Gasteiger partial charge in [-0.3, -0.25) is 9.59 Å². The van der Waals surface area contributed by atoms with Crippen molar-refractivity contribution in [3.05, 3.63) is 59.4 Å². The first-order chi connectivity index (χ1) is 15.8. The van der Waals surface area contributed by atoms with E-state index in [-0.39, 0.29) is 23.8 Å². The molecule has 7 nitrogen and oxygen atoms in total. The summed E-state index contributed by atoms with van der Waals surface area (Å²) in [6.45, 7) is 6.00. The van der Waals surface area contributed by atoms with Gasteiger partial charge in [0.05, 0.1) is 26.9 Å². The monoisotopic (exact) mass is 458 g/mol. The Morgan fingerprint density at radius 3 is 2.55 bits per heavy atom. The van der Waals surface area contributed by atoms with E-state index in [4.69, 9.17) is 14.2 Å². The molecule has 1 fully saturated rings. The van der Waals surface area contributed by atoms with Crippen LogP contribution in [0.5, 0.6) is 11.5 Å². The van der Waals surface area contributed by atoms with E-state index < -0.39 is 5.82 Å². The minimum absolute atomic E-state index is 0.142. The first-order valence-electron chi connectivity index (χ1n) is 11.0. The number of ether oxygens (including phenoxy) is 3. The third kappa shape index (κ3) is 6.22. The van der Waals surface area contributed by atoms with Crippen molar-refractivity contribution in [3.8, 4) is 11.5 Å². The fourth-order valence-corrected chi connectivity index (χ4v) is 3.90. The molecule has 1 saturated heterocycles. The minimum Gasteiger partial charge on any atom is -0.493 e. The number of nitrogens with zero attached hydrogens (tertiary/aromatic N) is 2. The lowest BCUT2D eigenvalue weighted by Crippen LogP contribution is -2.51. The molecule has 0 saturated carbocycles. The number of amides is 2. The lowest BCUT2D eigenvalue weighted by atomic mass is 10.1. The van der Waals surface area contributed by atoms with Crippen molar-refractivity contribution in [2.24, 2.45) is 5.92 Å². The van der Waals surface area contributed by atoms with Crippen LogP contribution in [-0.2, 0) is 4.74 Å². The van der Waals surface area contributed by atoms with E-state index in [1.165, 1.54) is 25.3 Å². The van der Waals surface area contributed by atoms with Gasteiger partial charge in [-0.25, -0.2) is 4.39 Å². The molecule has 1 unspecified atom stereocenters. The summed E-state index contributed by atoms with van der Waals surface area (Å²) in [5.74, 6) is 0.402. The Bertz CT molecular complexity index is 981. The van der Waals surface area contributed by atoms with Crippen LogP contribution in [0.4, 0.5) is 4.39 Å².